The molecule has 0 bridgehead atoms. The molecule has 0 unspecified atom stereocenters. The van der Waals surface area contributed by atoms with E-state index in [4.69, 9.17) is 10.8 Å². The predicted molar refractivity (Wildman–Crippen MR) is 87.3 cm³/mol. The summed E-state index contributed by atoms with van der Waals surface area (Å²) in [7, 11) is 0. The Morgan fingerprint density at radius 2 is 2.05 bits per heavy atom. The zero-order valence-electron chi connectivity index (χ0n) is 13.0. The number of hydrogen-bond acceptors (Lipinski definition) is 6. The van der Waals surface area contributed by atoms with E-state index in [-0.39, 0.29) is 10.2 Å². The van der Waals surface area contributed by atoms with Gasteiger partial charge in [0.25, 0.3) is 0 Å². The average molecular weight is 295 g/mol. The van der Waals surface area contributed by atoms with Gasteiger partial charge in [0.15, 0.2) is 0 Å². The fourth-order valence-corrected chi connectivity index (χ4v) is 3.33. The molecule has 1 aliphatic rings. The summed E-state index contributed by atoms with van der Waals surface area (Å²) in [5.41, 5.74) is 2.56. The summed E-state index contributed by atoms with van der Waals surface area (Å²) in [6.07, 6.45) is 0. The fourth-order valence-electron chi connectivity index (χ4n) is 2.22. The number of hydrazine groups is 1. The molecule has 1 aromatic heterocycles. The highest BCUT2D eigenvalue weighted by Gasteiger charge is 2.29. The van der Waals surface area contributed by atoms with Gasteiger partial charge < -0.3 is 10.3 Å². The second kappa shape index (κ2) is 5.41. The van der Waals surface area contributed by atoms with Gasteiger partial charge in [0.1, 0.15) is 17.5 Å². The molecule has 5 nitrogen and oxygen atoms in total. The number of nitrogen functional groups attached to an aromatic ring is 1. The summed E-state index contributed by atoms with van der Waals surface area (Å²) in [5, 5.41) is 0. The van der Waals surface area contributed by atoms with Crippen LogP contribution in [0.15, 0.2) is 6.07 Å². The molecule has 1 aliphatic heterocycles. The standard InChI is InChI=1S/C14H25N5S/c1-13(2,3)12-16-10(18-15)8-11(17-12)19-6-7-20-14(4,5)9-19/h8H,6-7,9,15H2,1-5H3,(H,16,17,18). The molecule has 0 aromatic carbocycles. The summed E-state index contributed by atoms with van der Waals surface area (Å²) in [5.74, 6) is 9.13. The van der Waals surface area contributed by atoms with Crippen LogP contribution in [0.25, 0.3) is 0 Å². The van der Waals surface area contributed by atoms with Crippen LogP contribution >= 0.6 is 11.8 Å². The molecular weight excluding hydrogens is 270 g/mol. The Kier molecular flexibility index (Phi) is 4.16. The minimum atomic E-state index is -0.0956. The lowest BCUT2D eigenvalue weighted by Crippen LogP contribution is -2.43. The summed E-state index contributed by atoms with van der Waals surface area (Å²) >= 11 is 2.01. The summed E-state index contributed by atoms with van der Waals surface area (Å²) in [4.78, 5) is 11.6. The molecule has 20 heavy (non-hydrogen) atoms. The van der Waals surface area contributed by atoms with E-state index in [1.807, 2.05) is 17.8 Å². The summed E-state index contributed by atoms with van der Waals surface area (Å²) < 4.78 is 0.251. The lowest BCUT2D eigenvalue weighted by atomic mass is 9.96. The SMILES string of the molecule is CC1(C)CN(c2cc(NN)nc(C(C)(C)C)n2)CCS1. The molecule has 1 aromatic rings. The number of anilines is 2. The van der Waals surface area contributed by atoms with Crippen LogP contribution < -0.4 is 16.2 Å². The Bertz CT molecular complexity index is 481. The minimum absolute atomic E-state index is 0.0956. The highest BCUT2D eigenvalue weighted by molar-refractivity contribution is 8.00. The van der Waals surface area contributed by atoms with Crippen LogP contribution in [0.5, 0.6) is 0 Å². The van der Waals surface area contributed by atoms with E-state index in [9.17, 15) is 0 Å². The number of nitrogens with zero attached hydrogens (tertiary/aromatic N) is 3. The van der Waals surface area contributed by atoms with Gasteiger partial charge in [-0.1, -0.05) is 20.8 Å². The van der Waals surface area contributed by atoms with Crippen molar-refractivity contribution in [3.05, 3.63) is 11.9 Å². The Morgan fingerprint density at radius 3 is 2.60 bits per heavy atom. The second-order valence-electron chi connectivity index (χ2n) is 6.86. The molecule has 3 N–H and O–H groups in total. The Morgan fingerprint density at radius 1 is 1.35 bits per heavy atom. The lowest BCUT2D eigenvalue weighted by Gasteiger charge is -2.38. The first-order valence-corrected chi connectivity index (χ1v) is 7.95. The third kappa shape index (κ3) is 3.55. The largest absolute Gasteiger partial charge is 0.354 e. The Hall–Kier alpha value is -1.01. The molecule has 1 saturated heterocycles. The Balaban J connectivity index is 2.36. The number of rotatable bonds is 2. The lowest BCUT2D eigenvalue weighted by molar-refractivity contribution is 0.542. The average Bonchev–Trinajstić information content (AvgIpc) is 2.36. The maximum absolute atomic E-state index is 5.55. The van der Waals surface area contributed by atoms with Gasteiger partial charge in [-0.3, -0.25) is 0 Å². The van der Waals surface area contributed by atoms with Gasteiger partial charge in [0.05, 0.1) is 0 Å². The number of nitrogens with two attached hydrogens (primary N) is 1. The normalized spacial score (nSPS) is 19.0. The van der Waals surface area contributed by atoms with Crippen LogP contribution in [0, 0.1) is 0 Å². The van der Waals surface area contributed by atoms with Crippen molar-refractivity contribution < 1.29 is 0 Å². The van der Waals surface area contributed by atoms with Crippen molar-refractivity contribution >= 4 is 23.4 Å². The van der Waals surface area contributed by atoms with Crippen molar-refractivity contribution in [3.8, 4) is 0 Å². The van der Waals surface area contributed by atoms with E-state index < -0.39 is 0 Å². The molecular formula is C14H25N5S. The van der Waals surface area contributed by atoms with Gasteiger partial charge in [-0.2, -0.15) is 11.8 Å². The van der Waals surface area contributed by atoms with Crippen LogP contribution in [0.2, 0.25) is 0 Å². The summed E-state index contributed by atoms with van der Waals surface area (Å²) in [6, 6.07) is 1.93. The monoisotopic (exact) mass is 295 g/mol. The molecule has 2 heterocycles. The molecule has 0 aliphatic carbocycles. The highest BCUT2D eigenvalue weighted by Crippen LogP contribution is 2.32. The highest BCUT2D eigenvalue weighted by atomic mass is 32.2. The molecule has 2 rings (SSSR count). The maximum atomic E-state index is 5.55. The molecule has 0 radical (unpaired) electrons. The molecule has 0 atom stereocenters. The third-order valence-corrected chi connectivity index (χ3v) is 4.58. The number of thioether (sulfide) groups is 1. The first-order chi connectivity index (χ1) is 9.21. The van der Waals surface area contributed by atoms with Crippen molar-refractivity contribution in [1.29, 1.82) is 0 Å². The van der Waals surface area contributed by atoms with Crippen molar-refractivity contribution in [1.82, 2.24) is 9.97 Å². The van der Waals surface area contributed by atoms with E-state index in [1.54, 1.807) is 0 Å². The van der Waals surface area contributed by atoms with Crippen LogP contribution in [-0.2, 0) is 5.41 Å². The molecule has 1 fully saturated rings. The number of nitrogens with one attached hydrogen (secondary N) is 1. The number of aromatic nitrogens is 2. The fraction of sp³-hybridized carbons (Fsp3) is 0.714. The molecule has 112 valence electrons. The molecule has 0 saturated carbocycles. The Labute approximate surface area is 125 Å². The van der Waals surface area contributed by atoms with E-state index in [1.165, 1.54) is 0 Å². The first kappa shape index (κ1) is 15.4. The van der Waals surface area contributed by atoms with Gasteiger partial charge in [0.2, 0.25) is 0 Å². The zero-order valence-corrected chi connectivity index (χ0v) is 13.8. The van der Waals surface area contributed by atoms with Crippen LogP contribution in [-0.4, -0.2) is 33.6 Å². The van der Waals surface area contributed by atoms with Crippen molar-refractivity contribution in [3.63, 3.8) is 0 Å². The van der Waals surface area contributed by atoms with E-state index in [0.29, 0.717) is 5.82 Å². The van der Waals surface area contributed by atoms with Gasteiger partial charge in [0, 0.05) is 35.1 Å². The topological polar surface area (TPSA) is 67.1 Å². The third-order valence-electron chi connectivity index (χ3n) is 3.28. The zero-order chi connectivity index (χ0) is 15.0. The van der Waals surface area contributed by atoms with Crippen molar-refractivity contribution in [2.45, 2.75) is 44.8 Å². The first-order valence-electron chi connectivity index (χ1n) is 6.96. The van der Waals surface area contributed by atoms with Gasteiger partial charge in [-0.05, 0) is 13.8 Å². The maximum Gasteiger partial charge on any atom is 0.145 e. The smallest absolute Gasteiger partial charge is 0.145 e. The predicted octanol–water partition coefficient (Wildman–Crippen LogP) is 2.39. The number of hydrogen-bond donors (Lipinski definition) is 2. The minimum Gasteiger partial charge on any atom is -0.354 e. The van der Waals surface area contributed by atoms with Gasteiger partial charge in [-0.15, -0.1) is 0 Å². The van der Waals surface area contributed by atoms with Gasteiger partial charge >= 0.3 is 0 Å². The van der Waals surface area contributed by atoms with E-state index in [0.717, 1.165) is 30.5 Å². The van der Waals surface area contributed by atoms with Crippen molar-refractivity contribution in [2.75, 3.05) is 29.2 Å². The summed E-state index contributed by atoms with van der Waals surface area (Å²) in [6.45, 7) is 12.9. The quantitative estimate of drug-likeness (QED) is 0.645. The molecule has 0 amide bonds. The van der Waals surface area contributed by atoms with Crippen molar-refractivity contribution in [2.24, 2.45) is 5.84 Å². The van der Waals surface area contributed by atoms with E-state index in [2.05, 4.69) is 49.9 Å². The second-order valence-corrected chi connectivity index (χ2v) is 8.66. The van der Waals surface area contributed by atoms with Gasteiger partial charge in [-0.25, -0.2) is 15.8 Å². The molecule has 6 heteroatoms. The molecule has 0 spiro atoms. The van der Waals surface area contributed by atoms with E-state index >= 15 is 0 Å². The van der Waals surface area contributed by atoms with Crippen LogP contribution in [0.3, 0.4) is 0 Å². The van der Waals surface area contributed by atoms with Crippen LogP contribution in [0.4, 0.5) is 11.6 Å². The van der Waals surface area contributed by atoms with Crippen LogP contribution in [0.1, 0.15) is 40.4 Å².